The van der Waals surface area contributed by atoms with Crippen molar-refractivity contribution in [2.45, 2.75) is 12.8 Å². The fourth-order valence-corrected chi connectivity index (χ4v) is 1.50. The third-order valence-corrected chi connectivity index (χ3v) is 2.48. The van der Waals surface area contributed by atoms with Crippen LogP contribution >= 0.6 is 0 Å². The molecule has 0 saturated carbocycles. The van der Waals surface area contributed by atoms with Crippen LogP contribution in [0.15, 0.2) is 42.7 Å². The van der Waals surface area contributed by atoms with E-state index in [9.17, 15) is 0 Å². The zero-order valence-electron chi connectivity index (χ0n) is 8.67. The summed E-state index contributed by atoms with van der Waals surface area (Å²) in [6.45, 7) is 2.17. The van der Waals surface area contributed by atoms with Gasteiger partial charge in [-0.25, -0.2) is 4.68 Å². The molecular weight excluding hydrogens is 188 g/mol. The van der Waals surface area contributed by atoms with Gasteiger partial charge in [0.05, 0.1) is 5.69 Å². The summed E-state index contributed by atoms with van der Waals surface area (Å²) in [4.78, 5) is 0. The monoisotopic (exact) mass is 202 g/mol. The number of aliphatic hydroxyl groups excluding tert-OH is 1. The van der Waals surface area contributed by atoms with Gasteiger partial charge in [-0.1, -0.05) is 19.1 Å². The van der Waals surface area contributed by atoms with Crippen molar-refractivity contribution in [1.29, 1.82) is 0 Å². The van der Waals surface area contributed by atoms with Crippen molar-refractivity contribution in [1.82, 2.24) is 9.78 Å². The summed E-state index contributed by atoms with van der Waals surface area (Å²) < 4.78 is 1.81. The lowest BCUT2D eigenvalue weighted by molar-refractivity contribution is 0.273. The van der Waals surface area contributed by atoms with Gasteiger partial charge in [0, 0.05) is 24.9 Å². The van der Waals surface area contributed by atoms with Gasteiger partial charge in [0.2, 0.25) is 0 Å². The number of nitrogens with zero attached hydrogens (tertiary/aromatic N) is 2. The number of aromatic nitrogens is 2. The van der Waals surface area contributed by atoms with Gasteiger partial charge in [0.1, 0.15) is 0 Å². The fourth-order valence-electron chi connectivity index (χ4n) is 1.50. The Morgan fingerprint density at radius 1 is 1.40 bits per heavy atom. The van der Waals surface area contributed by atoms with Crippen LogP contribution in [0.5, 0.6) is 0 Å². The summed E-state index contributed by atoms with van der Waals surface area (Å²) >= 11 is 0. The minimum absolute atomic E-state index is 0.167. The first kappa shape index (κ1) is 9.93. The van der Waals surface area contributed by atoms with E-state index in [1.54, 1.807) is 6.20 Å². The van der Waals surface area contributed by atoms with Crippen LogP contribution in [-0.4, -0.2) is 21.5 Å². The molecule has 0 spiro atoms. The predicted octanol–water partition coefficient (Wildman–Crippen LogP) is 1.97. The average molecular weight is 202 g/mol. The molecule has 0 aliphatic rings. The van der Waals surface area contributed by atoms with E-state index in [1.165, 1.54) is 0 Å². The topological polar surface area (TPSA) is 38.0 Å². The first-order valence-electron chi connectivity index (χ1n) is 5.02. The largest absolute Gasteiger partial charge is 0.396 e. The first-order chi connectivity index (χ1) is 7.31. The second-order valence-corrected chi connectivity index (χ2v) is 3.63. The van der Waals surface area contributed by atoms with Crippen molar-refractivity contribution < 1.29 is 5.11 Å². The molecule has 0 aliphatic carbocycles. The van der Waals surface area contributed by atoms with E-state index in [1.807, 2.05) is 48.1 Å². The number of rotatable bonds is 3. The Morgan fingerprint density at radius 3 is 2.93 bits per heavy atom. The van der Waals surface area contributed by atoms with Crippen LogP contribution < -0.4 is 0 Å². The molecule has 1 atom stereocenters. The molecule has 1 aromatic carbocycles. The van der Waals surface area contributed by atoms with E-state index in [-0.39, 0.29) is 12.5 Å². The van der Waals surface area contributed by atoms with Gasteiger partial charge in [-0.15, -0.1) is 0 Å². The van der Waals surface area contributed by atoms with Gasteiger partial charge in [-0.2, -0.15) is 5.10 Å². The minimum atomic E-state index is 0.167. The summed E-state index contributed by atoms with van der Waals surface area (Å²) in [7, 11) is 0. The fraction of sp³-hybridized carbons (Fsp3) is 0.250. The Hall–Kier alpha value is -1.61. The van der Waals surface area contributed by atoms with Crippen molar-refractivity contribution in [3.05, 3.63) is 48.3 Å². The molecular formula is C12H14N2O. The lowest BCUT2D eigenvalue weighted by Crippen LogP contribution is -2.01. The van der Waals surface area contributed by atoms with Crippen molar-refractivity contribution >= 4 is 0 Å². The van der Waals surface area contributed by atoms with Crippen LogP contribution in [0.2, 0.25) is 0 Å². The highest BCUT2D eigenvalue weighted by atomic mass is 16.3. The Balaban J connectivity index is 2.35. The molecule has 0 amide bonds. The van der Waals surface area contributed by atoms with Gasteiger partial charge < -0.3 is 5.11 Å². The number of aliphatic hydroxyl groups is 1. The van der Waals surface area contributed by atoms with E-state index in [0.29, 0.717) is 0 Å². The van der Waals surface area contributed by atoms with Crippen LogP contribution in [0.3, 0.4) is 0 Å². The molecule has 0 aliphatic heterocycles. The molecule has 1 heterocycles. The second-order valence-electron chi connectivity index (χ2n) is 3.63. The number of benzene rings is 1. The third-order valence-electron chi connectivity index (χ3n) is 2.48. The van der Waals surface area contributed by atoms with Crippen molar-refractivity contribution in [3.8, 4) is 5.69 Å². The summed E-state index contributed by atoms with van der Waals surface area (Å²) in [5.74, 6) is 0.167. The van der Waals surface area contributed by atoms with E-state index in [4.69, 9.17) is 5.11 Å². The minimum Gasteiger partial charge on any atom is -0.396 e. The second kappa shape index (κ2) is 4.28. The Morgan fingerprint density at radius 2 is 2.27 bits per heavy atom. The van der Waals surface area contributed by atoms with Crippen molar-refractivity contribution in [2.75, 3.05) is 6.61 Å². The van der Waals surface area contributed by atoms with Gasteiger partial charge in [-0.3, -0.25) is 0 Å². The van der Waals surface area contributed by atoms with Crippen LogP contribution in [0.25, 0.3) is 5.69 Å². The smallest absolute Gasteiger partial charge is 0.0648 e. The standard InChI is InChI=1S/C12H14N2O/c1-10(9-15)11-4-2-5-12(8-11)14-7-3-6-13-14/h2-8,10,15H,9H2,1H3. The zero-order chi connectivity index (χ0) is 10.7. The van der Waals surface area contributed by atoms with E-state index < -0.39 is 0 Å². The highest BCUT2D eigenvalue weighted by Gasteiger charge is 2.04. The van der Waals surface area contributed by atoms with Crippen LogP contribution in [0.1, 0.15) is 18.4 Å². The van der Waals surface area contributed by atoms with E-state index >= 15 is 0 Å². The van der Waals surface area contributed by atoms with Gasteiger partial charge >= 0.3 is 0 Å². The third kappa shape index (κ3) is 2.07. The summed E-state index contributed by atoms with van der Waals surface area (Å²) in [5, 5.41) is 13.3. The van der Waals surface area contributed by atoms with Crippen LogP contribution in [0.4, 0.5) is 0 Å². The predicted molar refractivity (Wildman–Crippen MR) is 59.1 cm³/mol. The summed E-state index contributed by atoms with van der Waals surface area (Å²) in [6.07, 6.45) is 3.66. The summed E-state index contributed by atoms with van der Waals surface area (Å²) in [5.41, 5.74) is 2.16. The molecule has 78 valence electrons. The highest BCUT2D eigenvalue weighted by molar-refractivity contribution is 5.36. The van der Waals surface area contributed by atoms with Gasteiger partial charge in [0.15, 0.2) is 0 Å². The van der Waals surface area contributed by atoms with Crippen LogP contribution in [0, 0.1) is 0 Å². The molecule has 2 rings (SSSR count). The molecule has 3 heteroatoms. The number of hydrogen-bond donors (Lipinski definition) is 1. The zero-order valence-corrected chi connectivity index (χ0v) is 8.67. The Labute approximate surface area is 89.0 Å². The Kier molecular flexibility index (Phi) is 2.83. The molecule has 0 radical (unpaired) electrons. The SMILES string of the molecule is CC(CO)c1cccc(-n2cccn2)c1. The van der Waals surface area contributed by atoms with Gasteiger partial charge in [-0.05, 0) is 23.8 Å². The van der Waals surface area contributed by atoms with Crippen molar-refractivity contribution in [3.63, 3.8) is 0 Å². The van der Waals surface area contributed by atoms with Gasteiger partial charge in [0.25, 0.3) is 0 Å². The van der Waals surface area contributed by atoms with E-state index in [0.717, 1.165) is 11.3 Å². The van der Waals surface area contributed by atoms with E-state index in [2.05, 4.69) is 5.10 Å². The highest BCUT2D eigenvalue weighted by Crippen LogP contribution is 2.17. The quantitative estimate of drug-likeness (QED) is 0.826. The molecule has 3 nitrogen and oxygen atoms in total. The molecule has 1 N–H and O–H groups in total. The molecule has 0 fully saturated rings. The Bertz CT molecular complexity index is 423. The first-order valence-corrected chi connectivity index (χ1v) is 5.02. The molecule has 15 heavy (non-hydrogen) atoms. The maximum atomic E-state index is 9.09. The number of hydrogen-bond acceptors (Lipinski definition) is 2. The molecule has 0 bridgehead atoms. The normalized spacial score (nSPS) is 12.7. The molecule has 1 aromatic heterocycles. The molecule has 2 aromatic rings. The average Bonchev–Trinajstić information content (AvgIpc) is 2.82. The molecule has 1 unspecified atom stereocenters. The van der Waals surface area contributed by atoms with Crippen LogP contribution in [-0.2, 0) is 0 Å². The summed E-state index contributed by atoms with van der Waals surface area (Å²) in [6, 6.07) is 9.95. The maximum absolute atomic E-state index is 9.09. The molecule has 0 saturated heterocycles. The lowest BCUT2D eigenvalue weighted by Gasteiger charge is -2.10. The maximum Gasteiger partial charge on any atom is 0.0648 e. The van der Waals surface area contributed by atoms with Crippen molar-refractivity contribution in [2.24, 2.45) is 0 Å². The lowest BCUT2D eigenvalue weighted by atomic mass is 10.0.